The van der Waals surface area contributed by atoms with Crippen molar-refractivity contribution in [2.24, 2.45) is 0 Å². The Morgan fingerprint density at radius 2 is 1.74 bits per heavy atom. The summed E-state index contributed by atoms with van der Waals surface area (Å²) in [5, 5.41) is 3.58. The molecule has 3 nitrogen and oxygen atoms in total. The molecule has 19 heavy (non-hydrogen) atoms. The number of hydrogen-bond donors (Lipinski definition) is 1. The number of nitrogens with zero attached hydrogens (tertiary/aromatic N) is 1. The Hall–Kier alpha value is -0.570. The number of hydrogen-bond acceptors (Lipinski definition) is 2. The quantitative estimate of drug-likeness (QED) is 0.848. The molecule has 2 unspecified atom stereocenters. The van der Waals surface area contributed by atoms with Crippen molar-refractivity contribution >= 4 is 5.91 Å². The summed E-state index contributed by atoms with van der Waals surface area (Å²) >= 11 is 0. The van der Waals surface area contributed by atoms with Crippen molar-refractivity contribution in [2.45, 2.75) is 96.3 Å². The predicted octanol–water partition coefficient (Wildman–Crippen LogP) is 3.44. The SMILES string of the molecule is CCC1NC(C)(CC)C(=O)N1C1CCCCCCC1. The Bertz CT molecular complexity index is 310. The maximum absolute atomic E-state index is 12.8. The lowest BCUT2D eigenvalue weighted by Crippen LogP contribution is -2.45. The van der Waals surface area contributed by atoms with Crippen LogP contribution in [0.15, 0.2) is 0 Å². The van der Waals surface area contributed by atoms with Crippen LogP contribution in [-0.2, 0) is 4.79 Å². The van der Waals surface area contributed by atoms with E-state index in [9.17, 15) is 4.79 Å². The van der Waals surface area contributed by atoms with Gasteiger partial charge >= 0.3 is 0 Å². The van der Waals surface area contributed by atoms with Crippen LogP contribution in [0.5, 0.6) is 0 Å². The highest BCUT2D eigenvalue weighted by Gasteiger charge is 2.48. The third-order valence-corrected chi connectivity index (χ3v) is 5.09. The zero-order valence-electron chi connectivity index (χ0n) is 12.9. The minimum absolute atomic E-state index is 0.252. The second kappa shape index (κ2) is 6.25. The van der Waals surface area contributed by atoms with Crippen molar-refractivity contribution in [2.75, 3.05) is 0 Å². The van der Waals surface area contributed by atoms with Gasteiger partial charge in [-0.15, -0.1) is 0 Å². The first-order chi connectivity index (χ1) is 9.12. The van der Waals surface area contributed by atoms with Gasteiger partial charge < -0.3 is 4.90 Å². The molecule has 1 heterocycles. The standard InChI is InChI=1S/C16H30N2O/c1-4-14-17-16(3,5-2)15(19)18(14)13-11-9-7-6-8-10-12-13/h13-14,17H,4-12H2,1-3H3. The molecule has 2 fully saturated rings. The lowest BCUT2D eigenvalue weighted by Gasteiger charge is -2.33. The van der Waals surface area contributed by atoms with E-state index < -0.39 is 0 Å². The largest absolute Gasteiger partial charge is 0.323 e. The van der Waals surface area contributed by atoms with E-state index in [1.54, 1.807) is 0 Å². The Morgan fingerprint density at radius 3 is 2.26 bits per heavy atom. The molecular formula is C16H30N2O. The summed E-state index contributed by atoms with van der Waals surface area (Å²) < 4.78 is 0. The molecule has 0 spiro atoms. The van der Waals surface area contributed by atoms with Gasteiger partial charge in [-0.1, -0.05) is 46.0 Å². The number of nitrogens with one attached hydrogen (secondary N) is 1. The zero-order valence-corrected chi connectivity index (χ0v) is 12.9. The van der Waals surface area contributed by atoms with E-state index in [1.807, 2.05) is 0 Å². The van der Waals surface area contributed by atoms with Crippen LogP contribution < -0.4 is 5.32 Å². The Morgan fingerprint density at radius 1 is 1.16 bits per heavy atom. The van der Waals surface area contributed by atoms with Crippen LogP contribution in [0.3, 0.4) is 0 Å². The maximum Gasteiger partial charge on any atom is 0.244 e. The van der Waals surface area contributed by atoms with Crippen LogP contribution in [0.25, 0.3) is 0 Å². The molecule has 2 aliphatic rings. The lowest BCUT2D eigenvalue weighted by atomic mass is 9.94. The fraction of sp³-hybridized carbons (Fsp3) is 0.938. The molecule has 2 rings (SSSR count). The number of rotatable bonds is 3. The topological polar surface area (TPSA) is 32.3 Å². The molecule has 0 radical (unpaired) electrons. The average molecular weight is 266 g/mol. The van der Waals surface area contributed by atoms with Crippen LogP contribution in [-0.4, -0.2) is 28.6 Å². The van der Waals surface area contributed by atoms with E-state index >= 15 is 0 Å². The van der Waals surface area contributed by atoms with Crippen molar-refractivity contribution in [3.05, 3.63) is 0 Å². The van der Waals surface area contributed by atoms with Gasteiger partial charge in [0.15, 0.2) is 0 Å². The number of carbonyl (C=O) groups excluding carboxylic acids is 1. The van der Waals surface area contributed by atoms with E-state index in [2.05, 4.69) is 31.0 Å². The first-order valence-corrected chi connectivity index (χ1v) is 8.23. The summed E-state index contributed by atoms with van der Waals surface area (Å²) in [6.45, 7) is 6.36. The Balaban J connectivity index is 2.13. The van der Waals surface area contributed by atoms with E-state index in [4.69, 9.17) is 0 Å². The van der Waals surface area contributed by atoms with Crippen LogP contribution in [0.2, 0.25) is 0 Å². The molecular weight excluding hydrogens is 236 g/mol. The Labute approximate surface area is 118 Å². The van der Waals surface area contributed by atoms with Crippen LogP contribution in [0.4, 0.5) is 0 Å². The van der Waals surface area contributed by atoms with Gasteiger partial charge in [-0.25, -0.2) is 0 Å². The fourth-order valence-corrected chi connectivity index (χ4v) is 3.61. The van der Waals surface area contributed by atoms with Gasteiger partial charge in [0.25, 0.3) is 0 Å². The van der Waals surface area contributed by atoms with E-state index in [0.29, 0.717) is 11.9 Å². The monoisotopic (exact) mass is 266 g/mol. The highest BCUT2D eigenvalue weighted by molar-refractivity contribution is 5.88. The van der Waals surface area contributed by atoms with Gasteiger partial charge in [0.2, 0.25) is 5.91 Å². The van der Waals surface area contributed by atoms with Crippen LogP contribution in [0, 0.1) is 0 Å². The summed E-state index contributed by atoms with van der Waals surface area (Å²) in [5.41, 5.74) is -0.330. The third-order valence-electron chi connectivity index (χ3n) is 5.09. The number of amides is 1. The summed E-state index contributed by atoms with van der Waals surface area (Å²) in [5.74, 6) is 0.340. The second-order valence-electron chi connectivity index (χ2n) is 6.47. The summed E-state index contributed by atoms with van der Waals surface area (Å²) in [6.07, 6.45) is 11.2. The van der Waals surface area contributed by atoms with Crippen molar-refractivity contribution in [3.63, 3.8) is 0 Å². The minimum atomic E-state index is -0.330. The molecule has 0 bridgehead atoms. The molecule has 2 atom stereocenters. The normalized spacial score (nSPS) is 34.4. The minimum Gasteiger partial charge on any atom is -0.323 e. The third kappa shape index (κ3) is 2.96. The van der Waals surface area contributed by atoms with Gasteiger partial charge in [-0.05, 0) is 32.6 Å². The molecule has 3 heteroatoms. The van der Waals surface area contributed by atoms with E-state index in [-0.39, 0.29) is 11.7 Å². The molecule has 1 N–H and O–H groups in total. The first-order valence-electron chi connectivity index (χ1n) is 8.23. The molecule has 0 aromatic rings. The van der Waals surface area contributed by atoms with Gasteiger partial charge in [0.1, 0.15) is 0 Å². The predicted molar refractivity (Wildman–Crippen MR) is 78.9 cm³/mol. The van der Waals surface area contributed by atoms with Gasteiger partial charge in [-0.2, -0.15) is 0 Å². The number of carbonyl (C=O) groups is 1. The first kappa shape index (κ1) is 14.8. The van der Waals surface area contributed by atoms with Gasteiger partial charge in [0.05, 0.1) is 11.7 Å². The van der Waals surface area contributed by atoms with Crippen molar-refractivity contribution < 1.29 is 4.79 Å². The molecule has 1 saturated carbocycles. The summed E-state index contributed by atoms with van der Waals surface area (Å²) in [7, 11) is 0. The van der Waals surface area contributed by atoms with Crippen molar-refractivity contribution in [3.8, 4) is 0 Å². The van der Waals surface area contributed by atoms with Crippen LogP contribution >= 0.6 is 0 Å². The smallest absolute Gasteiger partial charge is 0.244 e. The molecule has 1 aliphatic carbocycles. The van der Waals surface area contributed by atoms with Gasteiger partial charge in [-0.3, -0.25) is 10.1 Å². The van der Waals surface area contributed by atoms with Crippen molar-refractivity contribution in [1.82, 2.24) is 10.2 Å². The van der Waals surface area contributed by atoms with Crippen LogP contribution in [0.1, 0.15) is 78.6 Å². The molecule has 1 aliphatic heterocycles. The summed E-state index contributed by atoms with van der Waals surface area (Å²) in [4.78, 5) is 15.0. The molecule has 0 aromatic carbocycles. The second-order valence-corrected chi connectivity index (χ2v) is 6.47. The molecule has 110 valence electrons. The van der Waals surface area contributed by atoms with E-state index in [1.165, 1.54) is 44.9 Å². The fourth-order valence-electron chi connectivity index (χ4n) is 3.61. The molecule has 0 aromatic heterocycles. The summed E-state index contributed by atoms with van der Waals surface area (Å²) in [6, 6.07) is 0.471. The Kier molecular flexibility index (Phi) is 4.88. The van der Waals surface area contributed by atoms with E-state index in [0.717, 1.165) is 12.8 Å². The van der Waals surface area contributed by atoms with Gasteiger partial charge in [0, 0.05) is 6.04 Å². The average Bonchev–Trinajstić information content (AvgIpc) is 2.63. The molecule has 1 amide bonds. The zero-order chi connectivity index (χ0) is 13.9. The van der Waals surface area contributed by atoms with Crippen molar-refractivity contribution in [1.29, 1.82) is 0 Å². The maximum atomic E-state index is 12.8. The highest BCUT2D eigenvalue weighted by Crippen LogP contribution is 2.31. The lowest BCUT2D eigenvalue weighted by molar-refractivity contribution is -0.135. The highest BCUT2D eigenvalue weighted by atomic mass is 16.2. The molecule has 1 saturated heterocycles.